The largest absolute Gasteiger partial charge is 0.375 e. The Bertz CT molecular complexity index is 397. The number of hydrogen-bond acceptors (Lipinski definition) is 4. The molecule has 3 N–H and O–H groups in total. The molecule has 1 aliphatic rings. The molecule has 18 heavy (non-hydrogen) atoms. The highest BCUT2D eigenvalue weighted by Gasteiger charge is 2.21. The summed E-state index contributed by atoms with van der Waals surface area (Å²) in [5, 5.41) is 5.22. The number of rotatable bonds is 3. The number of amides is 1. The van der Waals surface area contributed by atoms with Crippen molar-refractivity contribution in [1.82, 2.24) is 10.3 Å². The summed E-state index contributed by atoms with van der Waals surface area (Å²) in [5.41, 5.74) is 5.98. The molecule has 2 rings (SSSR count). The summed E-state index contributed by atoms with van der Waals surface area (Å²) < 4.78 is 0. The maximum Gasteiger partial charge on any atom is 0.271 e. The average Bonchev–Trinajstić information content (AvgIpc) is 2.63. The molecule has 5 heteroatoms. The van der Waals surface area contributed by atoms with E-state index in [1.807, 2.05) is 0 Å². The standard InChI is InChI=1S/C13H21N3OS/c1-9(10-6-4-2-3-5-7-10)15-12(17)11-8-18-13(14)16-11/h8-10H,2-7H2,1H3,(H2,14,16)(H,15,17)/t9-/m0/s1. The Morgan fingerprint density at radius 3 is 2.67 bits per heavy atom. The van der Waals surface area contributed by atoms with Crippen LogP contribution in [0.15, 0.2) is 5.38 Å². The van der Waals surface area contributed by atoms with Gasteiger partial charge in [-0.3, -0.25) is 4.79 Å². The molecule has 0 unspecified atom stereocenters. The van der Waals surface area contributed by atoms with Crippen LogP contribution in [0.1, 0.15) is 55.9 Å². The van der Waals surface area contributed by atoms with Crippen molar-refractivity contribution in [3.63, 3.8) is 0 Å². The molecule has 1 fully saturated rings. The number of hydrogen-bond donors (Lipinski definition) is 2. The Labute approximate surface area is 112 Å². The normalized spacial score (nSPS) is 19.2. The molecule has 0 aliphatic heterocycles. The molecule has 1 saturated carbocycles. The van der Waals surface area contributed by atoms with E-state index in [9.17, 15) is 4.79 Å². The van der Waals surface area contributed by atoms with Crippen LogP contribution in [0.4, 0.5) is 5.13 Å². The number of nitrogens with one attached hydrogen (secondary N) is 1. The highest BCUT2D eigenvalue weighted by Crippen LogP contribution is 2.25. The maximum atomic E-state index is 12.0. The predicted molar refractivity (Wildman–Crippen MR) is 74.6 cm³/mol. The van der Waals surface area contributed by atoms with Gasteiger partial charge in [0, 0.05) is 11.4 Å². The Hall–Kier alpha value is -1.10. The third kappa shape index (κ3) is 3.45. The van der Waals surface area contributed by atoms with E-state index in [4.69, 9.17) is 5.73 Å². The lowest BCUT2D eigenvalue weighted by atomic mass is 9.93. The van der Waals surface area contributed by atoms with E-state index in [1.54, 1.807) is 5.38 Å². The number of aromatic nitrogens is 1. The van der Waals surface area contributed by atoms with E-state index in [-0.39, 0.29) is 11.9 Å². The van der Waals surface area contributed by atoms with E-state index in [0.29, 0.717) is 16.7 Å². The second kappa shape index (κ2) is 6.18. The van der Waals surface area contributed by atoms with Crippen LogP contribution in [0.2, 0.25) is 0 Å². The van der Waals surface area contributed by atoms with Crippen LogP contribution in [0.5, 0.6) is 0 Å². The Kier molecular flexibility index (Phi) is 4.58. The fourth-order valence-electron chi connectivity index (χ4n) is 2.60. The van der Waals surface area contributed by atoms with Crippen molar-refractivity contribution in [2.75, 3.05) is 5.73 Å². The SMILES string of the molecule is C[C@H](NC(=O)c1csc(N)n1)C1CCCCCC1. The maximum absolute atomic E-state index is 12.0. The number of nitrogen functional groups attached to an aromatic ring is 1. The monoisotopic (exact) mass is 267 g/mol. The van der Waals surface area contributed by atoms with Gasteiger partial charge in [0.2, 0.25) is 0 Å². The van der Waals surface area contributed by atoms with Crippen molar-refractivity contribution >= 4 is 22.4 Å². The average molecular weight is 267 g/mol. The second-order valence-corrected chi connectivity index (χ2v) is 5.97. The third-order valence-electron chi connectivity index (χ3n) is 3.72. The van der Waals surface area contributed by atoms with Crippen LogP contribution in [-0.2, 0) is 0 Å². The van der Waals surface area contributed by atoms with Crippen molar-refractivity contribution in [3.8, 4) is 0 Å². The summed E-state index contributed by atoms with van der Waals surface area (Å²) in [4.78, 5) is 16.0. The van der Waals surface area contributed by atoms with Crippen LogP contribution >= 0.6 is 11.3 Å². The molecule has 1 aliphatic carbocycles. The summed E-state index contributed by atoms with van der Waals surface area (Å²) in [6.07, 6.45) is 7.68. The molecule has 0 aromatic carbocycles. The second-order valence-electron chi connectivity index (χ2n) is 5.08. The Morgan fingerprint density at radius 2 is 2.11 bits per heavy atom. The van der Waals surface area contributed by atoms with Gasteiger partial charge in [-0.15, -0.1) is 11.3 Å². The van der Waals surface area contributed by atoms with E-state index in [2.05, 4.69) is 17.2 Å². The molecule has 1 atom stereocenters. The molecular formula is C13H21N3OS. The Morgan fingerprint density at radius 1 is 1.44 bits per heavy atom. The van der Waals surface area contributed by atoms with Gasteiger partial charge >= 0.3 is 0 Å². The van der Waals surface area contributed by atoms with Gasteiger partial charge < -0.3 is 11.1 Å². The first-order chi connectivity index (χ1) is 8.66. The van der Waals surface area contributed by atoms with Crippen LogP contribution in [0, 0.1) is 5.92 Å². The molecule has 100 valence electrons. The van der Waals surface area contributed by atoms with Crippen molar-refractivity contribution in [2.45, 2.75) is 51.5 Å². The zero-order valence-electron chi connectivity index (χ0n) is 10.8. The first kappa shape index (κ1) is 13.3. The molecule has 1 amide bonds. The third-order valence-corrected chi connectivity index (χ3v) is 4.39. The van der Waals surface area contributed by atoms with Crippen LogP contribution in [0.3, 0.4) is 0 Å². The number of carbonyl (C=O) groups is 1. The van der Waals surface area contributed by atoms with Crippen LogP contribution in [-0.4, -0.2) is 16.9 Å². The minimum Gasteiger partial charge on any atom is -0.375 e. The predicted octanol–water partition coefficient (Wildman–Crippen LogP) is 2.81. The van der Waals surface area contributed by atoms with E-state index in [1.165, 1.54) is 49.9 Å². The Balaban J connectivity index is 1.89. The van der Waals surface area contributed by atoms with Crippen molar-refractivity contribution in [2.24, 2.45) is 5.92 Å². The smallest absolute Gasteiger partial charge is 0.271 e. The first-order valence-electron chi connectivity index (χ1n) is 6.68. The number of anilines is 1. The minimum atomic E-state index is -0.0975. The highest BCUT2D eigenvalue weighted by atomic mass is 32.1. The van der Waals surface area contributed by atoms with Crippen LogP contribution in [0.25, 0.3) is 0 Å². The molecule has 1 heterocycles. The van der Waals surface area contributed by atoms with Gasteiger partial charge in [-0.05, 0) is 25.7 Å². The summed E-state index contributed by atoms with van der Waals surface area (Å²) in [6, 6.07) is 0.221. The zero-order valence-corrected chi connectivity index (χ0v) is 11.6. The molecule has 1 aromatic heterocycles. The van der Waals surface area contributed by atoms with Gasteiger partial charge in [0.25, 0.3) is 5.91 Å². The van der Waals surface area contributed by atoms with Gasteiger partial charge in [-0.2, -0.15) is 0 Å². The molecule has 0 saturated heterocycles. The molecule has 0 radical (unpaired) electrons. The van der Waals surface area contributed by atoms with Gasteiger partial charge in [-0.1, -0.05) is 25.7 Å². The first-order valence-corrected chi connectivity index (χ1v) is 7.56. The van der Waals surface area contributed by atoms with Crippen LogP contribution < -0.4 is 11.1 Å². The molecular weight excluding hydrogens is 246 g/mol. The summed E-state index contributed by atoms with van der Waals surface area (Å²) in [6.45, 7) is 2.10. The van der Waals surface area contributed by atoms with Gasteiger partial charge in [0.1, 0.15) is 5.69 Å². The summed E-state index contributed by atoms with van der Waals surface area (Å²) in [7, 11) is 0. The number of nitrogens with zero attached hydrogens (tertiary/aromatic N) is 1. The van der Waals surface area contributed by atoms with Gasteiger partial charge in [0.05, 0.1) is 0 Å². The van der Waals surface area contributed by atoms with Crippen molar-refractivity contribution in [3.05, 3.63) is 11.1 Å². The van der Waals surface area contributed by atoms with Gasteiger partial charge in [-0.25, -0.2) is 4.98 Å². The summed E-state index contributed by atoms with van der Waals surface area (Å²) >= 11 is 1.30. The van der Waals surface area contributed by atoms with Gasteiger partial charge in [0.15, 0.2) is 5.13 Å². The zero-order chi connectivity index (χ0) is 13.0. The summed E-state index contributed by atoms with van der Waals surface area (Å²) in [5.74, 6) is 0.507. The lowest BCUT2D eigenvalue weighted by molar-refractivity contribution is 0.0919. The molecule has 0 bridgehead atoms. The highest BCUT2D eigenvalue weighted by molar-refractivity contribution is 7.13. The van der Waals surface area contributed by atoms with E-state index >= 15 is 0 Å². The molecule has 0 spiro atoms. The van der Waals surface area contributed by atoms with Crippen molar-refractivity contribution in [1.29, 1.82) is 0 Å². The fourth-order valence-corrected chi connectivity index (χ4v) is 3.14. The topological polar surface area (TPSA) is 68.0 Å². The molecule has 4 nitrogen and oxygen atoms in total. The number of nitrogens with two attached hydrogens (primary N) is 1. The minimum absolute atomic E-state index is 0.0975. The number of thiazole rings is 1. The van der Waals surface area contributed by atoms with E-state index in [0.717, 1.165) is 0 Å². The fraction of sp³-hybridized carbons (Fsp3) is 0.692. The lowest BCUT2D eigenvalue weighted by Gasteiger charge is -2.23. The van der Waals surface area contributed by atoms with Crippen molar-refractivity contribution < 1.29 is 4.79 Å². The lowest BCUT2D eigenvalue weighted by Crippen LogP contribution is -2.38. The number of carbonyl (C=O) groups excluding carboxylic acids is 1. The quantitative estimate of drug-likeness (QED) is 0.827. The van der Waals surface area contributed by atoms with E-state index < -0.39 is 0 Å². The molecule has 1 aromatic rings.